The Morgan fingerprint density at radius 3 is 2.63 bits per heavy atom. The molecule has 1 fully saturated rings. The summed E-state index contributed by atoms with van der Waals surface area (Å²) in [6.07, 6.45) is 2.06. The number of thioether (sulfide) groups is 1. The molecule has 1 N–H and O–H groups in total. The van der Waals surface area contributed by atoms with Gasteiger partial charge in [-0.25, -0.2) is 0 Å². The lowest BCUT2D eigenvalue weighted by Gasteiger charge is -2.31. The van der Waals surface area contributed by atoms with Gasteiger partial charge in [-0.1, -0.05) is 29.8 Å². The first-order valence-electron chi connectivity index (χ1n) is 9.31. The number of nitrogens with one attached hydrogen (secondary N) is 1. The first-order chi connectivity index (χ1) is 12.5. The topological polar surface area (TPSA) is 32.3 Å². The molecule has 0 atom stereocenters. The summed E-state index contributed by atoms with van der Waals surface area (Å²) in [6, 6.07) is 15.0. The van der Waals surface area contributed by atoms with Gasteiger partial charge in [0.2, 0.25) is 0 Å². The van der Waals surface area contributed by atoms with Gasteiger partial charge in [-0.3, -0.25) is 4.79 Å². The van der Waals surface area contributed by atoms with Crippen LogP contribution in [0.15, 0.2) is 47.4 Å². The molecular formula is C22H29ClN2OS. The number of halogens is 1. The molecule has 3 nitrogen and oxygen atoms in total. The molecule has 5 heteroatoms. The molecule has 0 radical (unpaired) electrons. The van der Waals surface area contributed by atoms with Crippen LogP contribution >= 0.6 is 24.2 Å². The summed E-state index contributed by atoms with van der Waals surface area (Å²) >= 11 is 1.84. The molecule has 1 aliphatic heterocycles. The third-order valence-corrected chi connectivity index (χ3v) is 6.32. The second-order valence-electron chi connectivity index (χ2n) is 7.16. The average molecular weight is 405 g/mol. The van der Waals surface area contributed by atoms with Crippen LogP contribution in [-0.2, 0) is 5.75 Å². The Bertz CT molecular complexity index is 775. The summed E-state index contributed by atoms with van der Waals surface area (Å²) in [6.45, 7) is 6.26. The van der Waals surface area contributed by atoms with E-state index in [-0.39, 0.29) is 18.3 Å². The molecule has 2 aromatic rings. The standard InChI is InChI=1S/C22H28N2OS.ClH/c1-16-7-8-17(2)21(13-16)26-15-18-5-4-6-19(14-18)22(25)24(3)20-9-11-23-12-10-20;/h4-8,13-14,20,23H,9-12,15H2,1-3H3;1H. The molecule has 0 bridgehead atoms. The number of hydrogen-bond acceptors (Lipinski definition) is 3. The highest BCUT2D eigenvalue weighted by Crippen LogP contribution is 2.27. The minimum Gasteiger partial charge on any atom is -0.339 e. The maximum absolute atomic E-state index is 12.9. The monoisotopic (exact) mass is 404 g/mol. The van der Waals surface area contributed by atoms with E-state index in [1.54, 1.807) is 0 Å². The van der Waals surface area contributed by atoms with E-state index in [0.29, 0.717) is 6.04 Å². The first-order valence-corrected chi connectivity index (χ1v) is 10.3. The quantitative estimate of drug-likeness (QED) is 0.723. The van der Waals surface area contributed by atoms with Gasteiger partial charge in [-0.05, 0) is 69.1 Å². The van der Waals surface area contributed by atoms with Gasteiger partial charge < -0.3 is 10.2 Å². The normalized spacial score (nSPS) is 14.5. The number of amides is 1. The van der Waals surface area contributed by atoms with Crippen molar-refractivity contribution in [3.63, 3.8) is 0 Å². The molecular weight excluding hydrogens is 376 g/mol. The number of nitrogens with zero attached hydrogens (tertiary/aromatic N) is 1. The molecule has 1 heterocycles. The molecule has 0 aliphatic carbocycles. The zero-order valence-electron chi connectivity index (χ0n) is 16.3. The van der Waals surface area contributed by atoms with E-state index in [4.69, 9.17) is 0 Å². The number of hydrogen-bond donors (Lipinski definition) is 1. The molecule has 0 saturated carbocycles. The van der Waals surface area contributed by atoms with Crippen LogP contribution in [0.2, 0.25) is 0 Å². The van der Waals surface area contributed by atoms with E-state index in [0.717, 1.165) is 37.2 Å². The zero-order chi connectivity index (χ0) is 18.5. The molecule has 1 aliphatic rings. The first kappa shape index (κ1) is 21.8. The van der Waals surface area contributed by atoms with Crippen LogP contribution in [0.1, 0.15) is 39.9 Å². The molecule has 1 amide bonds. The van der Waals surface area contributed by atoms with Crippen molar-refractivity contribution in [2.45, 2.75) is 43.4 Å². The number of carbonyl (C=O) groups excluding carboxylic acids is 1. The Labute approximate surface area is 173 Å². The summed E-state index contributed by atoms with van der Waals surface area (Å²) in [5.41, 5.74) is 4.58. The average Bonchev–Trinajstić information content (AvgIpc) is 2.68. The van der Waals surface area contributed by atoms with Gasteiger partial charge in [-0.2, -0.15) is 0 Å². The van der Waals surface area contributed by atoms with Crippen LogP contribution in [0, 0.1) is 13.8 Å². The highest BCUT2D eigenvalue weighted by molar-refractivity contribution is 7.98. The summed E-state index contributed by atoms with van der Waals surface area (Å²) in [7, 11) is 1.94. The van der Waals surface area contributed by atoms with Crippen molar-refractivity contribution in [2.75, 3.05) is 20.1 Å². The lowest BCUT2D eigenvalue weighted by atomic mass is 10.0. The van der Waals surface area contributed by atoms with E-state index in [9.17, 15) is 4.79 Å². The van der Waals surface area contributed by atoms with Gasteiger partial charge in [-0.15, -0.1) is 24.2 Å². The highest BCUT2D eigenvalue weighted by Gasteiger charge is 2.22. The molecule has 2 aromatic carbocycles. The molecule has 0 aromatic heterocycles. The van der Waals surface area contributed by atoms with Gasteiger partial charge in [0, 0.05) is 29.3 Å². The predicted molar refractivity (Wildman–Crippen MR) is 117 cm³/mol. The lowest BCUT2D eigenvalue weighted by Crippen LogP contribution is -2.43. The van der Waals surface area contributed by atoms with E-state index in [1.165, 1.54) is 21.6 Å². The third kappa shape index (κ3) is 5.74. The van der Waals surface area contributed by atoms with Crippen molar-refractivity contribution in [1.29, 1.82) is 0 Å². The predicted octanol–water partition coefficient (Wildman–Crippen LogP) is 4.84. The van der Waals surface area contributed by atoms with Gasteiger partial charge >= 0.3 is 0 Å². The number of piperidine rings is 1. The second kappa shape index (κ2) is 10.2. The Balaban J connectivity index is 0.00000261. The fourth-order valence-corrected chi connectivity index (χ4v) is 4.45. The highest BCUT2D eigenvalue weighted by atomic mass is 35.5. The van der Waals surface area contributed by atoms with E-state index in [1.807, 2.05) is 35.8 Å². The minimum absolute atomic E-state index is 0. The van der Waals surface area contributed by atoms with E-state index in [2.05, 4.69) is 49.5 Å². The van der Waals surface area contributed by atoms with Gasteiger partial charge in [0.15, 0.2) is 0 Å². The molecule has 146 valence electrons. The van der Waals surface area contributed by atoms with Crippen LogP contribution < -0.4 is 5.32 Å². The van der Waals surface area contributed by atoms with Crippen LogP contribution in [0.25, 0.3) is 0 Å². The van der Waals surface area contributed by atoms with Crippen molar-refractivity contribution < 1.29 is 4.79 Å². The van der Waals surface area contributed by atoms with Crippen LogP contribution in [0.4, 0.5) is 0 Å². The SMILES string of the molecule is Cc1ccc(C)c(SCc2cccc(C(=O)N(C)C3CCNCC3)c2)c1.Cl. The molecule has 0 unspecified atom stereocenters. The maximum Gasteiger partial charge on any atom is 0.253 e. The molecule has 27 heavy (non-hydrogen) atoms. The number of benzene rings is 2. The Hall–Kier alpha value is -1.49. The molecule has 1 saturated heterocycles. The van der Waals surface area contributed by atoms with Crippen molar-refractivity contribution >= 4 is 30.1 Å². The Morgan fingerprint density at radius 2 is 1.89 bits per heavy atom. The van der Waals surface area contributed by atoms with Crippen molar-refractivity contribution in [2.24, 2.45) is 0 Å². The van der Waals surface area contributed by atoms with Crippen LogP contribution in [-0.4, -0.2) is 37.0 Å². The zero-order valence-corrected chi connectivity index (χ0v) is 18.0. The minimum atomic E-state index is 0. The van der Waals surface area contributed by atoms with Crippen molar-refractivity contribution in [3.8, 4) is 0 Å². The molecule has 3 rings (SSSR count). The van der Waals surface area contributed by atoms with Gasteiger partial charge in [0.25, 0.3) is 5.91 Å². The van der Waals surface area contributed by atoms with Crippen LogP contribution in [0.5, 0.6) is 0 Å². The second-order valence-corrected chi connectivity index (χ2v) is 8.17. The summed E-state index contributed by atoms with van der Waals surface area (Å²) in [5, 5.41) is 3.36. The van der Waals surface area contributed by atoms with Gasteiger partial charge in [0.1, 0.15) is 0 Å². The number of rotatable bonds is 5. The third-order valence-electron chi connectivity index (χ3n) is 5.09. The fourth-order valence-electron chi connectivity index (χ4n) is 3.38. The number of carbonyl (C=O) groups is 1. The Kier molecular flexibility index (Phi) is 8.21. The number of aryl methyl sites for hydroxylation is 2. The lowest BCUT2D eigenvalue weighted by molar-refractivity contribution is 0.0703. The molecule has 0 spiro atoms. The summed E-state index contributed by atoms with van der Waals surface area (Å²) in [5.74, 6) is 1.01. The Morgan fingerprint density at radius 1 is 1.15 bits per heavy atom. The van der Waals surface area contributed by atoms with E-state index < -0.39 is 0 Å². The van der Waals surface area contributed by atoms with E-state index >= 15 is 0 Å². The summed E-state index contributed by atoms with van der Waals surface area (Å²) < 4.78 is 0. The fraction of sp³-hybridized carbons (Fsp3) is 0.409. The smallest absolute Gasteiger partial charge is 0.253 e. The summed E-state index contributed by atoms with van der Waals surface area (Å²) in [4.78, 5) is 16.1. The largest absolute Gasteiger partial charge is 0.339 e. The van der Waals surface area contributed by atoms with Crippen molar-refractivity contribution in [1.82, 2.24) is 10.2 Å². The van der Waals surface area contributed by atoms with Crippen molar-refractivity contribution in [3.05, 3.63) is 64.7 Å². The van der Waals surface area contributed by atoms with Crippen LogP contribution in [0.3, 0.4) is 0 Å². The maximum atomic E-state index is 12.9. The van der Waals surface area contributed by atoms with Gasteiger partial charge in [0.05, 0.1) is 0 Å².